The van der Waals surface area contributed by atoms with Crippen molar-refractivity contribution in [2.45, 2.75) is 33.4 Å². The summed E-state index contributed by atoms with van der Waals surface area (Å²) in [5.74, 6) is 3.30. The Morgan fingerprint density at radius 3 is 2.07 bits per heavy atom. The van der Waals surface area contributed by atoms with Crippen LogP contribution in [0.15, 0.2) is 41.4 Å². The van der Waals surface area contributed by atoms with Crippen molar-refractivity contribution in [1.82, 2.24) is 5.32 Å². The molecule has 0 bridgehead atoms. The van der Waals surface area contributed by atoms with Gasteiger partial charge in [-0.3, -0.25) is 0 Å². The SMILES string of the molecule is CCNC(=NCc1cc(OC)c(OC)c(OC)c1)Nc1ccc(OC(C)C)cc1. The fourth-order valence-corrected chi connectivity index (χ4v) is 2.73. The molecule has 0 aliphatic heterocycles. The molecule has 2 aromatic rings. The summed E-state index contributed by atoms with van der Waals surface area (Å²) in [5, 5.41) is 6.55. The van der Waals surface area contributed by atoms with E-state index in [1.165, 1.54) is 0 Å². The Hall–Kier alpha value is -3.09. The molecule has 2 aromatic carbocycles. The van der Waals surface area contributed by atoms with Crippen molar-refractivity contribution in [3.63, 3.8) is 0 Å². The van der Waals surface area contributed by atoms with Gasteiger partial charge in [0.05, 0.1) is 34.0 Å². The molecule has 0 fully saturated rings. The highest BCUT2D eigenvalue weighted by Crippen LogP contribution is 2.38. The van der Waals surface area contributed by atoms with Crippen molar-refractivity contribution >= 4 is 11.6 Å². The van der Waals surface area contributed by atoms with Crippen LogP contribution in [0.4, 0.5) is 5.69 Å². The number of aliphatic imine (C=N–C) groups is 1. The number of hydrogen-bond acceptors (Lipinski definition) is 5. The van der Waals surface area contributed by atoms with Crippen LogP contribution in [-0.4, -0.2) is 39.9 Å². The number of methoxy groups -OCH3 is 3. The number of nitrogens with one attached hydrogen (secondary N) is 2. The van der Waals surface area contributed by atoms with Gasteiger partial charge in [-0.1, -0.05) is 0 Å². The maximum absolute atomic E-state index is 5.68. The van der Waals surface area contributed by atoms with Gasteiger partial charge in [0, 0.05) is 12.2 Å². The molecule has 0 aliphatic rings. The lowest BCUT2D eigenvalue weighted by atomic mass is 10.2. The molecule has 158 valence electrons. The van der Waals surface area contributed by atoms with Crippen molar-refractivity contribution in [2.24, 2.45) is 4.99 Å². The van der Waals surface area contributed by atoms with Crippen molar-refractivity contribution in [3.8, 4) is 23.0 Å². The predicted octanol–water partition coefficient (Wildman–Crippen LogP) is 4.08. The second kappa shape index (κ2) is 11.0. The van der Waals surface area contributed by atoms with E-state index in [1.807, 2.05) is 57.2 Å². The van der Waals surface area contributed by atoms with Crippen molar-refractivity contribution < 1.29 is 18.9 Å². The Morgan fingerprint density at radius 2 is 1.59 bits per heavy atom. The zero-order valence-corrected chi connectivity index (χ0v) is 18.0. The van der Waals surface area contributed by atoms with Crippen molar-refractivity contribution in [3.05, 3.63) is 42.0 Å². The predicted molar refractivity (Wildman–Crippen MR) is 117 cm³/mol. The van der Waals surface area contributed by atoms with Gasteiger partial charge in [0.1, 0.15) is 5.75 Å². The van der Waals surface area contributed by atoms with Crippen LogP contribution in [0.25, 0.3) is 0 Å². The minimum absolute atomic E-state index is 0.145. The molecule has 0 aliphatic carbocycles. The summed E-state index contributed by atoms with van der Waals surface area (Å²) >= 11 is 0. The summed E-state index contributed by atoms with van der Waals surface area (Å²) in [7, 11) is 4.79. The van der Waals surface area contributed by atoms with E-state index in [0.717, 1.165) is 23.5 Å². The number of hydrogen-bond donors (Lipinski definition) is 2. The van der Waals surface area contributed by atoms with Crippen LogP contribution in [0.3, 0.4) is 0 Å². The molecule has 0 unspecified atom stereocenters. The van der Waals surface area contributed by atoms with Gasteiger partial charge in [-0.05, 0) is 62.7 Å². The summed E-state index contributed by atoms with van der Waals surface area (Å²) < 4.78 is 21.9. The molecule has 0 saturated heterocycles. The van der Waals surface area contributed by atoms with E-state index in [0.29, 0.717) is 29.8 Å². The Balaban J connectivity index is 2.16. The highest BCUT2D eigenvalue weighted by molar-refractivity contribution is 5.93. The van der Waals surface area contributed by atoms with E-state index >= 15 is 0 Å². The molecule has 29 heavy (non-hydrogen) atoms. The van der Waals surface area contributed by atoms with Crippen LogP contribution >= 0.6 is 0 Å². The fraction of sp³-hybridized carbons (Fsp3) is 0.409. The molecule has 7 nitrogen and oxygen atoms in total. The minimum Gasteiger partial charge on any atom is -0.493 e. The first-order valence-corrected chi connectivity index (χ1v) is 9.61. The van der Waals surface area contributed by atoms with E-state index in [-0.39, 0.29) is 6.10 Å². The standard InChI is InChI=1S/C22H31N3O4/c1-7-23-22(25-17-8-10-18(11-9-17)29-15(2)3)24-14-16-12-19(26-4)21(28-6)20(13-16)27-5/h8-13,15H,7,14H2,1-6H3,(H2,23,24,25). The summed E-state index contributed by atoms with van der Waals surface area (Å²) in [4.78, 5) is 4.67. The van der Waals surface area contributed by atoms with Gasteiger partial charge in [-0.15, -0.1) is 0 Å². The minimum atomic E-state index is 0.145. The van der Waals surface area contributed by atoms with E-state index in [1.54, 1.807) is 21.3 Å². The average molecular weight is 402 g/mol. The molecular formula is C22H31N3O4. The average Bonchev–Trinajstić information content (AvgIpc) is 2.72. The summed E-state index contributed by atoms with van der Waals surface area (Å²) in [5.41, 5.74) is 1.86. The first kappa shape index (κ1) is 22.2. The van der Waals surface area contributed by atoms with E-state index < -0.39 is 0 Å². The van der Waals surface area contributed by atoms with Gasteiger partial charge >= 0.3 is 0 Å². The zero-order valence-electron chi connectivity index (χ0n) is 18.0. The Bertz CT molecular complexity index is 779. The second-order valence-electron chi connectivity index (χ2n) is 6.54. The van der Waals surface area contributed by atoms with Crippen LogP contribution in [-0.2, 0) is 6.54 Å². The van der Waals surface area contributed by atoms with Gasteiger partial charge in [0.15, 0.2) is 17.5 Å². The smallest absolute Gasteiger partial charge is 0.203 e. The molecule has 0 amide bonds. The first-order chi connectivity index (χ1) is 14.0. The van der Waals surface area contributed by atoms with Crippen LogP contribution in [0, 0.1) is 0 Å². The molecule has 0 atom stereocenters. The normalized spacial score (nSPS) is 11.2. The van der Waals surface area contributed by atoms with Crippen molar-refractivity contribution in [2.75, 3.05) is 33.2 Å². The van der Waals surface area contributed by atoms with Gasteiger partial charge in [-0.25, -0.2) is 4.99 Å². The molecule has 0 heterocycles. The Labute approximate surface area is 173 Å². The Kier molecular flexibility index (Phi) is 8.45. The van der Waals surface area contributed by atoms with E-state index in [4.69, 9.17) is 18.9 Å². The number of anilines is 1. The van der Waals surface area contributed by atoms with E-state index in [9.17, 15) is 0 Å². The molecule has 2 rings (SSSR count). The number of benzene rings is 2. The number of nitrogens with zero attached hydrogens (tertiary/aromatic N) is 1. The molecule has 0 radical (unpaired) electrons. The van der Waals surface area contributed by atoms with Gasteiger partial charge < -0.3 is 29.6 Å². The molecule has 0 spiro atoms. The quantitative estimate of drug-likeness (QED) is 0.487. The number of ether oxygens (including phenoxy) is 4. The first-order valence-electron chi connectivity index (χ1n) is 9.61. The lowest BCUT2D eigenvalue weighted by molar-refractivity contribution is 0.242. The summed E-state index contributed by atoms with van der Waals surface area (Å²) in [6.45, 7) is 7.23. The number of rotatable bonds is 9. The monoisotopic (exact) mass is 401 g/mol. The molecule has 2 N–H and O–H groups in total. The topological polar surface area (TPSA) is 73.3 Å². The third-order valence-corrected chi connectivity index (χ3v) is 3.98. The second-order valence-corrected chi connectivity index (χ2v) is 6.54. The number of guanidine groups is 1. The largest absolute Gasteiger partial charge is 0.493 e. The third-order valence-electron chi connectivity index (χ3n) is 3.98. The fourth-order valence-electron chi connectivity index (χ4n) is 2.73. The molecular weight excluding hydrogens is 370 g/mol. The van der Waals surface area contributed by atoms with E-state index in [2.05, 4.69) is 15.6 Å². The van der Waals surface area contributed by atoms with Gasteiger partial charge in [0.2, 0.25) is 5.75 Å². The Morgan fingerprint density at radius 1 is 0.966 bits per heavy atom. The summed E-state index contributed by atoms with van der Waals surface area (Å²) in [6, 6.07) is 11.6. The van der Waals surface area contributed by atoms with Crippen LogP contribution in [0.1, 0.15) is 26.3 Å². The van der Waals surface area contributed by atoms with Crippen LogP contribution in [0.5, 0.6) is 23.0 Å². The summed E-state index contributed by atoms with van der Waals surface area (Å²) in [6.07, 6.45) is 0.145. The lowest BCUT2D eigenvalue weighted by Gasteiger charge is -2.15. The van der Waals surface area contributed by atoms with Crippen LogP contribution < -0.4 is 29.6 Å². The maximum atomic E-state index is 5.68. The highest BCUT2D eigenvalue weighted by atomic mass is 16.5. The molecule has 0 saturated carbocycles. The zero-order chi connectivity index (χ0) is 21.2. The van der Waals surface area contributed by atoms with Gasteiger partial charge in [-0.2, -0.15) is 0 Å². The lowest BCUT2D eigenvalue weighted by Crippen LogP contribution is -2.30. The highest BCUT2D eigenvalue weighted by Gasteiger charge is 2.13. The van der Waals surface area contributed by atoms with Crippen LogP contribution in [0.2, 0.25) is 0 Å². The molecule has 0 aromatic heterocycles. The van der Waals surface area contributed by atoms with Crippen molar-refractivity contribution in [1.29, 1.82) is 0 Å². The van der Waals surface area contributed by atoms with Gasteiger partial charge in [0.25, 0.3) is 0 Å². The third kappa shape index (κ3) is 6.48. The molecule has 7 heteroatoms. The maximum Gasteiger partial charge on any atom is 0.203 e.